The normalized spacial score (nSPS) is 10.8. The Bertz CT molecular complexity index is 2570. The van der Waals surface area contributed by atoms with Crippen molar-refractivity contribution in [2.24, 2.45) is 0 Å². The summed E-state index contributed by atoms with van der Waals surface area (Å²) >= 11 is 0. The molecule has 0 radical (unpaired) electrons. The van der Waals surface area contributed by atoms with Gasteiger partial charge in [-0.2, -0.15) is 5.26 Å². The predicted octanol–water partition coefficient (Wildman–Crippen LogP) is 16.6. The quantitative estimate of drug-likeness (QED) is 0.0219. The minimum atomic E-state index is -0.519. The van der Waals surface area contributed by atoms with Gasteiger partial charge in [-0.1, -0.05) is 146 Å². The van der Waals surface area contributed by atoms with Crippen LogP contribution in [0.25, 0.3) is 22.3 Å². The van der Waals surface area contributed by atoms with Crippen molar-refractivity contribution in [2.45, 2.75) is 130 Å². The van der Waals surface area contributed by atoms with Crippen LogP contribution in [0.2, 0.25) is 0 Å². The summed E-state index contributed by atoms with van der Waals surface area (Å²) in [4.78, 5) is 26.8. The van der Waals surface area contributed by atoms with E-state index in [-0.39, 0.29) is 0 Å². The van der Waals surface area contributed by atoms with E-state index in [0.717, 1.165) is 137 Å². The van der Waals surface area contributed by atoms with Crippen molar-refractivity contribution < 1.29 is 42.7 Å². The minimum Gasteiger partial charge on any atom is -0.494 e. The summed E-state index contributed by atoms with van der Waals surface area (Å²) in [6.45, 7) is 9.39. The van der Waals surface area contributed by atoms with Crippen LogP contribution in [-0.2, 0) is 0 Å². The molecule has 0 amide bonds. The molecule has 0 N–H and O–H groups in total. The fourth-order valence-corrected chi connectivity index (χ4v) is 8.22. The second-order valence-corrected chi connectivity index (χ2v) is 18.6. The molecule has 0 aliphatic rings. The summed E-state index contributed by atoms with van der Waals surface area (Å²) < 4.78 is 42.4. The van der Waals surface area contributed by atoms with Gasteiger partial charge >= 0.3 is 11.9 Å². The fourth-order valence-electron chi connectivity index (χ4n) is 8.22. The molecular formula is C64H75NO9. The Morgan fingerprint density at radius 2 is 0.689 bits per heavy atom. The molecule has 6 aromatic rings. The highest BCUT2D eigenvalue weighted by Gasteiger charge is 2.21. The Kier molecular flexibility index (Phi) is 24.3. The van der Waals surface area contributed by atoms with E-state index in [4.69, 9.17) is 38.4 Å². The SMILES string of the molecule is CCCCCCOc1cc(C(=O)Oc2ccc(-c3ccc(OC(=O)c4ccc(OCCCCCCCOc5ccc(-c6ccc(C#N)cc6)cc5)cc4)cc3)cc2)cc(OCCCCCC)c1OCCCCCC. The van der Waals surface area contributed by atoms with Crippen molar-refractivity contribution in [2.75, 3.05) is 33.0 Å². The Morgan fingerprint density at radius 1 is 0.365 bits per heavy atom. The van der Waals surface area contributed by atoms with E-state index in [1.54, 1.807) is 60.7 Å². The lowest BCUT2D eigenvalue weighted by atomic mass is 10.0. The molecule has 6 aromatic carbocycles. The number of hydrogen-bond donors (Lipinski definition) is 0. The van der Waals surface area contributed by atoms with Gasteiger partial charge in [0.05, 0.1) is 55.8 Å². The number of nitriles is 1. The highest BCUT2D eigenvalue weighted by molar-refractivity contribution is 5.93. The standard InChI is InChI=1S/C64H75NO9/c1-4-7-10-16-43-70-60-46-55(47-61(71-44-17-11-8-5-2)62(60)72-45-18-12-9-6-3)64(67)74-59-39-29-53(30-40-59)52-27-37-58(38-28-52)73-63(66)54-31-35-57(36-32-54)69-42-20-15-13-14-19-41-68-56-33-25-51(26-34-56)50-23-21-49(48-65)22-24-50/h21-40,46-47H,4-20,41-45H2,1-3H3. The van der Waals surface area contributed by atoms with Crippen LogP contribution in [0.4, 0.5) is 0 Å². The molecule has 0 aliphatic heterocycles. The third-order valence-corrected chi connectivity index (χ3v) is 12.6. The van der Waals surface area contributed by atoms with Gasteiger partial charge in [0.25, 0.3) is 0 Å². The van der Waals surface area contributed by atoms with E-state index in [1.165, 1.54) is 0 Å². The smallest absolute Gasteiger partial charge is 0.343 e. The number of rotatable bonds is 34. The highest BCUT2D eigenvalue weighted by Crippen LogP contribution is 2.40. The number of nitrogens with zero attached hydrogens (tertiary/aromatic N) is 1. The molecule has 0 spiro atoms. The summed E-state index contributed by atoms with van der Waals surface area (Å²) in [6, 6.07) is 42.8. The maximum atomic E-state index is 13.7. The van der Waals surface area contributed by atoms with Crippen molar-refractivity contribution in [1.82, 2.24) is 0 Å². The first-order valence-electron chi connectivity index (χ1n) is 27.0. The van der Waals surface area contributed by atoms with Crippen molar-refractivity contribution >= 4 is 11.9 Å². The van der Waals surface area contributed by atoms with Gasteiger partial charge in [-0.25, -0.2) is 9.59 Å². The van der Waals surface area contributed by atoms with Crippen LogP contribution >= 0.6 is 0 Å². The number of carbonyl (C=O) groups is 2. The van der Waals surface area contributed by atoms with E-state index >= 15 is 0 Å². The van der Waals surface area contributed by atoms with Gasteiger partial charge in [0.15, 0.2) is 11.5 Å². The van der Waals surface area contributed by atoms with E-state index in [9.17, 15) is 9.59 Å². The average Bonchev–Trinajstić information content (AvgIpc) is 3.43. The van der Waals surface area contributed by atoms with Gasteiger partial charge in [0.1, 0.15) is 23.0 Å². The molecule has 0 aliphatic carbocycles. The molecule has 0 saturated carbocycles. The summed E-state index contributed by atoms with van der Waals surface area (Å²) in [6.07, 6.45) is 17.9. The predicted molar refractivity (Wildman–Crippen MR) is 294 cm³/mol. The summed E-state index contributed by atoms with van der Waals surface area (Å²) in [7, 11) is 0. The van der Waals surface area contributed by atoms with Crippen molar-refractivity contribution in [3.63, 3.8) is 0 Å². The first-order valence-corrected chi connectivity index (χ1v) is 27.0. The monoisotopic (exact) mass is 1000 g/mol. The fraction of sp³-hybridized carbons (Fsp3) is 0.391. The van der Waals surface area contributed by atoms with Crippen molar-refractivity contribution in [3.8, 4) is 68.6 Å². The number of carbonyl (C=O) groups excluding carboxylic acids is 2. The van der Waals surface area contributed by atoms with Gasteiger partial charge < -0.3 is 33.2 Å². The second kappa shape index (κ2) is 32.0. The zero-order chi connectivity index (χ0) is 52.0. The molecule has 0 bridgehead atoms. The summed E-state index contributed by atoms with van der Waals surface area (Å²) in [5.74, 6) is 2.95. The molecule has 10 nitrogen and oxygen atoms in total. The molecule has 0 saturated heterocycles. The largest absolute Gasteiger partial charge is 0.494 e. The van der Waals surface area contributed by atoms with Crippen LogP contribution in [0, 0.1) is 11.3 Å². The molecule has 0 heterocycles. The Morgan fingerprint density at radius 3 is 1.09 bits per heavy atom. The lowest BCUT2D eigenvalue weighted by Crippen LogP contribution is -2.12. The Hall–Kier alpha value is -7.25. The van der Waals surface area contributed by atoms with Gasteiger partial charge in [-0.15, -0.1) is 0 Å². The average molecular weight is 1000 g/mol. The van der Waals surface area contributed by atoms with Gasteiger partial charge in [-0.05, 0) is 139 Å². The molecule has 390 valence electrons. The highest BCUT2D eigenvalue weighted by atomic mass is 16.6. The molecular weight excluding hydrogens is 927 g/mol. The summed E-state index contributed by atoms with van der Waals surface area (Å²) in [5.41, 5.74) is 5.37. The van der Waals surface area contributed by atoms with Gasteiger partial charge in [0, 0.05) is 0 Å². The molecule has 74 heavy (non-hydrogen) atoms. The molecule has 0 fully saturated rings. The van der Waals surface area contributed by atoms with Gasteiger partial charge in [0.2, 0.25) is 5.75 Å². The number of esters is 2. The molecule has 0 aromatic heterocycles. The van der Waals surface area contributed by atoms with Crippen LogP contribution in [0.15, 0.2) is 133 Å². The first-order chi connectivity index (χ1) is 36.4. The third kappa shape index (κ3) is 19.0. The van der Waals surface area contributed by atoms with Crippen molar-refractivity contribution in [3.05, 3.63) is 150 Å². The lowest BCUT2D eigenvalue weighted by Gasteiger charge is -2.19. The number of hydrogen-bond acceptors (Lipinski definition) is 10. The number of benzene rings is 6. The van der Waals surface area contributed by atoms with Crippen LogP contribution in [0.1, 0.15) is 156 Å². The zero-order valence-electron chi connectivity index (χ0n) is 43.9. The van der Waals surface area contributed by atoms with E-state index in [1.807, 2.05) is 72.8 Å². The number of unbranched alkanes of at least 4 members (excludes halogenated alkanes) is 13. The van der Waals surface area contributed by atoms with E-state index in [2.05, 4.69) is 26.8 Å². The summed E-state index contributed by atoms with van der Waals surface area (Å²) in [5, 5.41) is 9.02. The molecule has 6 rings (SSSR count). The number of ether oxygens (including phenoxy) is 7. The van der Waals surface area contributed by atoms with Crippen LogP contribution in [0.5, 0.6) is 40.2 Å². The minimum absolute atomic E-state index is 0.326. The molecule has 10 heteroatoms. The maximum Gasteiger partial charge on any atom is 0.343 e. The maximum absolute atomic E-state index is 13.7. The van der Waals surface area contributed by atoms with Crippen LogP contribution < -0.4 is 33.2 Å². The van der Waals surface area contributed by atoms with Crippen molar-refractivity contribution in [1.29, 1.82) is 5.26 Å². The second-order valence-electron chi connectivity index (χ2n) is 18.6. The Labute approximate surface area is 439 Å². The zero-order valence-corrected chi connectivity index (χ0v) is 43.9. The molecule has 0 atom stereocenters. The topological polar surface area (TPSA) is 123 Å². The van der Waals surface area contributed by atoms with Crippen LogP contribution in [-0.4, -0.2) is 45.0 Å². The van der Waals surface area contributed by atoms with E-state index in [0.29, 0.717) is 84.2 Å². The van der Waals surface area contributed by atoms with E-state index < -0.39 is 11.9 Å². The third-order valence-electron chi connectivity index (χ3n) is 12.6. The van der Waals surface area contributed by atoms with Gasteiger partial charge in [-0.3, -0.25) is 0 Å². The Balaban J connectivity index is 0.925. The first kappa shape index (κ1) is 56.1. The van der Waals surface area contributed by atoms with Crippen LogP contribution in [0.3, 0.4) is 0 Å². The lowest BCUT2D eigenvalue weighted by molar-refractivity contribution is 0.0724. The molecule has 0 unspecified atom stereocenters.